The summed E-state index contributed by atoms with van der Waals surface area (Å²) in [5, 5.41) is 6.53. The molecule has 2 unspecified atom stereocenters. The van der Waals surface area contributed by atoms with Gasteiger partial charge in [0.1, 0.15) is 0 Å². The van der Waals surface area contributed by atoms with Gasteiger partial charge >= 0.3 is 0 Å². The zero-order valence-corrected chi connectivity index (χ0v) is 13.5. The maximum absolute atomic E-state index is 12.5. The zero-order valence-electron chi connectivity index (χ0n) is 13.5. The summed E-state index contributed by atoms with van der Waals surface area (Å²) in [6.07, 6.45) is 0. The van der Waals surface area contributed by atoms with Gasteiger partial charge < -0.3 is 10.6 Å². The standard InChI is InChI=1S/C17H27N3O/c1-13-10-20(11-14(2)18-13)12-17(3,4)16(21)19-15-8-6-5-7-9-15/h5-9,13-14,18H,10-12H2,1-4H3,(H,19,21). The number of nitrogens with zero attached hydrogens (tertiary/aromatic N) is 1. The third-order valence-corrected chi connectivity index (χ3v) is 3.90. The fourth-order valence-corrected chi connectivity index (χ4v) is 3.02. The normalized spacial score (nSPS) is 23.8. The summed E-state index contributed by atoms with van der Waals surface area (Å²) in [6, 6.07) is 10.6. The molecule has 1 aliphatic rings. The van der Waals surface area contributed by atoms with Gasteiger partial charge in [0.25, 0.3) is 0 Å². The first-order valence-electron chi connectivity index (χ1n) is 7.72. The molecule has 1 heterocycles. The molecular formula is C17H27N3O. The van der Waals surface area contributed by atoms with Crippen molar-refractivity contribution >= 4 is 11.6 Å². The fraction of sp³-hybridized carbons (Fsp3) is 0.588. The Hall–Kier alpha value is -1.39. The van der Waals surface area contributed by atoms with Crippen molar-refractivity contribution in [3.8, 4) is 0 Å². The summed E-state index contributed by atoms with van der Waals surface area (Å²) < 4.78 is 0. The maximum atomic E-state index is 12.5. The Labute approximate surface area is 127 Å². The van der Waals surface area contributed by atoms with Crippen LogP contribution >= 0.6 is 0 Å². The van der Waals surface area contributed by atoms with E-state index in [4.69, 9.17) is 0 Å². The molecule has 1 aromatic rings. The van der Waals surface area contributed by atoms with E-state index in [1.165, 1.54) is 0 Å². The number of rotatable bonds is 4. The second-order valence-electron chi connectivity index (χ2n) is 6.87. The fourth-order valence-electron chi connectivity index (χ4n) is 3.02. The first kappa shape index (κ1) is 16.0. The molecule has 0 aliphatic carbocycles. The van der Waals surface area contributed by atoms with Crippen molar-refractivity contribution in [3.63, 3.8) is 0 Å². The highest BCUT2D eigenvalue weighted by atomic mass is 16.2. The lowest BCUT2D eigenvalue weighted by molar-refractivity contribution is -0.125. The Morgan fingerprint density at radius 2 is 1.81 bits per heavy atom. The molecule has 0 spiro atoms. The van der Waals surface area contributed by atoms with Crippen molar-refractivity contribution in [1.29, 1.82) is 0 Å². The van der Waals surface area contributed by atoms with E-state index in [2.05, 4.69) is 29.4 Å². The number of nitrogens with one attached hydrogen (secondary N) is 2. The first-order chi connectivity index (χ1) is 9.87. The van der Waals surface area contributed by atoms with Crippen LogP contribution in [0.1, 0.15) is 27.7 Å². The summed E-state index contributed by atoms with van der Waals surface area (Å²) in [5.74, 6) is 0.0764. The predicted molar refractivity (Wildman–Crippen MR) is 87.4 cm³/mol. The van der Waals surface area contributed by atoms with E-state index >= 15 is 0 Å². The van der Waals surface area contributed by atoms with E-state index in [9.17, 15) is 4.79 Å². The number of carbonyl (C=O) groups excluding carboxylic acids is 1. The number of benzene rings is 1. The van der Waals surface area contributed by atoms with Gasteiger partial charge in [-0.1, -0.05) is 18.2 Å². The van der Waals surface area contributed by atoms with Crippen LogP contribution in [0.4, 0.5) is 5.69 Å². The molecule has 4 heteroatoms. The van der Waals surface area contributed by atoms with Crippen molar-refractivity contribution in [2.24, 2.45) is 5.41 Å². The minimum Gasteiger partial charge on any atom is -0.326 e. The van der Waals surface area contributed by atoms with E-state index < -0.39 is 5.41 Å². The Morgan fingerprint density at radius 3 is 2.38 bits per heavy atom. The lowest BCUT2D eigenvalue weighted by Gasteiger charge is -2.39. The number of hydrogen-bond acceptors (Lipinski definition) is 3. The average Bonchev–Trinajstić information content (AvgIpc) is 2.37. The van der Waals surface area contributed by atoms with Crippen molar-refractivity contribution in [2.45, 2.75) is 39.8 Å². The highest BCUT2D eigenvalue weighted by Crippen LogP contribution is 2.21. The highest BCUT2D eigenvalue weighted by molar-refractivity contribution is 5.94. The minimum absolute atomic E-state index is 0.0764. The van der Waals surface area contributed by atoms with E-state index in [0.29, 0.717) is 12.1 Å². The highest BCUT2D eigenvalue weighted by Gasteiger charge is 2.32. The lowest BCUT2D eigenvalue weighted by Crippen LogP contribution is -2.56. The third kappa shape index (κ3) is 4.55. The van der Waals surface area contributed by atoms with Crippen LogP contribution in [0.15, 0.2) is 30.3 Å². The van der Waals surface area contributed by atoms with E-state index in [-0.39, 0.29) is 5.91 Å². The van der Waals surface area contributed by atoms with Gasteiger partial charge in [-0.3, -0.25) is 9.69 Å². The SMILES string of the molecule is CC1CN(CC(C)(C)C(=O)Nc2ccccc2)CC(C)N1. The van der Waals surface area contributed by atoms with Crippen LogP contribution in [0, 0.1) is 5.41 Å². The smallest absolute Gasteiger partial charge is 0.231 e. The molecule has 0 aromatic heterocycles. The lowest BCUT2D eigenvalue weighted by atomic mass is 9.90. The van der Waals surface area contributed by atoms with Crippen LogP contribution < -0.4 is 10.6 Å². The number of hydrogen-bond donors (Lipinski definition) is 2. The van der Waals surface area contributed by atoms with Crippen LogP contribution in [0.2, 0.25) is 0 Å². The Balaban J connectivity index is 1.95. The molecule has 1 saturated heterocycles. The molecule has 2 atom stereocenters. The summed E-state index contributed by atoms with van der Waals surface area (Å²) in [7, 11) is 0. The van der Waals surface area contributed by atoms with Gasteiger partial charge in [0.2, 0.25) is 5.91 Å². The minimum atomic E-state index is -0.410. The third-order valence-electron chi connectivity index (χ3n) is 3.90. The molecule has 0 radical (unpaired) electrons. The molecule has 2 N–H and O–H groups in total. The maximum Gasteiger partial charge on any atom is 0.231 e. The Morgan fingerprint density at radius 1 is 1.24 bits per heavy atom. The van der Waals surface area contributed by atoms with Gasteiger partial charge in [0, 0.05) is 37.4 Å². The summed E-state index contributed by atoms with van der Waals surface area (Å²) in [5.41, 5.74) is 0.449. The summed E-state index contributed by atoms with van der Waals surface area (Å²) >= 11 is 0. The van der Waals surface area contributed by atoms with Gasteiger partial charge in [-0.2, -0.15) is 0 Å². The predicted octanol–water partition coefficient (Wildman–Crippen LogP) is 2.33. The van der Waals surface area contributed by atoms with E-state index in [0.717, 1.165) is 25.3 Å². The van der Waals surface area contributed by atoms with Crippen molar-refractivity contribution < 1.29 is 4.79 Å². The first-order valence-corrected chi connectivity index (χ1v) is 7.72. The Bertz CT molecular complexity index is 462. The van der Waals surface area contributed by atoms with Gasteiger partial charge in [0.05, 0.1) is 5.41 Å². The molecule has 116 valence electrons. The van der Waals surface area contributed by atoms with Crippen LogP contribution in [0.5, 0.6) is 0 Å². The second-order valence-corrected chi connectivity index (χ2v) is 6.87. The molecule has 1 aromatic carbocycles. The zero-order chi connectivity index (χ0) is 15.5. The van der Waals surface area contributed by atoms with Crippen molar-refractivity contribution in [1.82, 2.24) is 10.2 Å². The molecule has 0 saturated carbocycles. The van der Waals surface area contributed by atoms with Crippen LogP contribution in [-0.4, -0.2) is 42.5 Å². The molecule has 2 rings (SSSR count). The molecule has 21 heavy (non-hydrogen) atoms. The topological polar surface area (TPSA) is 44.4 Å². The summed E-state index contributed by atoms with van der Waals surface area (Å²) in [6.45, 7) is 11.2. The van der Waals surface area contributed by atoms with Crippen LogP contribution in [-0.2, 0) is 4.79 Å². The molecule has 4 nitrogen and oxygen atoms in total. The molecule has 1 aliphatic heterocycles. The largest absolute Gasteiger partial charge is 0.326 e. The van der Waals surface area contributed by atoms with E-state index in [1.54, 1.807) is 0 Å². The number of anilines is 1. The van der Waals surface area contributed by atoms with Gasteiger partial charge in [-0.15, -0.1) is 0 Å². The Kier molecular flexibility index (Phi) is 5.01. The number of piperazine rings is 1. The second kappa shape index (κ2) is 6.58. The van der Waals surface area contributed by atoms with Crippen LogP contribution in [0.3, 0.4) is 0 Å². The molecule has 0 bridgehead atoms. The van der Waals surface area contributed by atoms with E-state index in [1.807, 2.05) is 44.2 Å². The van der Waals surface area contributed by atoms with Gasteiger partial charge in [-0.25, -0.2) is 0 Å². The van der Waals surface area contributed by atoms with Crippen molar-refractivity contribution in [3.05, 3.63) is 30.3 Å². The number of amides is 1. The van der Waals surface area contributed by atoms with Gasteiger partial charge in [-0.05, 0) is 39.8 Å². The summed E-state index contributed by atoms with van der Waals surface area (Å²) in [4.78, 5) is 14.9. The van der Waals surface area contributed by atoms with Crippen molar-refractivity contribution in [2.75, 3.05) is 25.0 Å². The molecule has 1 amide bonds. The van der Waals surface area contributed by atoms with Gasteiger partial charge in [0.15, 0.2) is 0 Å². The monoisotopic (exact) mass is 289 g/mol. The quantitative estimate of drug-likeness (QED) is 0.894. The molecule has 1 fully saturated rings. The van der Waals surface area contributed by atoms with Crippen LogP contribution in [0.25, 0.3) is 0 Å². The number of para-hydroxylation sites is 1. The molecular weight excluding hydrogens is 262 g/mol. The number of carbonyl (C=O) groups is 1. The average molecular weight is 289 g/mol.